The molecule has 0 radical (unpaired) electrons. The molecule has 5 heteroatoms. The molecule has 2 aromatic carbocycles. The molecule has 0 bridgehead atoms. The van der Waals surface area contributed by atoms with Crippen molar-refractivity contribution in [3.63, 3.8) is 0 Å². The number of phenols is 1. The highest BCUT2D eigenvalue weighted by Crippen LogP contribution is 2.34. The van der Waals surface area contributed by atoms with Gasteiger partial charge in [0.25, 0.3) is 0 Å². The second kappa shape index (κ2) is 4.45. The standard InChI is InChI=1S/C15H12O5/c1-18-8-3-5-11-10(7-8)13(16)9-4-6-12(19-2)14(17)15(9)20-11/h3-7,17H,1-2H3. The highest BCUT2D eigenvalue weighted by molar-refractivity contribution is 5.94. The molecule has 1 N–H and O–H groups in total. The second-order valence-electron chi connectivity index (χ2n) is 4.29. The van der Waals surface area contributed by atoms with Crippen molar-refractivity contribution in [3.8, 4) is 17.2 Å². The van der Waals surface area contributed by atoms with E-state index in [4.69, 9.17) is 13.9 Å². The topological polar surface area (TPSA) is 68.9 Å². The average molecular weight is 272 g/mol. The van der Waals surface area contributed by atoms with E-state index in [9.17, 15) is 9.90 Å². The molecule has 0 aliphatic rings. The van der Waals surface area contributed by atoms with Crippen LogP contribution in [0.5, 0.6) is 17.2 Å². The Morgan fingerprint density at radius 3 is 2.55 bits per heavy atom. The quantitative estimate of drug-likeness (QED) is 0.726. The minimum absolute atomic E-state index is 0.118. The monoisotopic (exact) mass is 272 g/mol. The van der Waals surface area contributed by atoms with Crippen molar-refractivity contribution in [2.75, 3.05) is 14.2 Å². The first-order chi connectivity index (χ1) is 9.65. The van der Waals surface area contributed by atoms with Gasteiger partial charge < -0.3 is 19.0 Å². The van der Waals surface area contributed by atoms with Crippen molar-refractivity contribution in [2.24, 2.45) is 0 Å². The lowest BCUT2D eigenvalue weighted by Crippen LogP contribution is -2.02. The van der Waals surface area contributed by atoms with Crippen LogP contribution in [-0.2, 0) is 0 Å². The molecule has 0 saturated carbocycles. The Balaban J connectivity index is 2.47. The van der Waals surface area contributed by atoms with Gasteiger partial charge in [0.2, 0.25) is 11.2 Å². The summed E-state index contributed by atoms with van der Waals surface area (Å²) in [5, 5.41) is 10.8. The first-order valence-electron chi connectivity index (χ1n) is 5.96. The summed E-state index contributed by atoms with van der Waals surface area (Å²) in [4.78, 5) is 12.4. The first kappa shape index (κ1) is 12.3. The van der Waals surface area contributed by atoms with Gasteiger partial charge in [0.05, 0.1) is 25.0 Å². The van der Waals surface area contributed by atoms with Gasteiger partial charge in [0, 0.05) is 0 Å². The molecular formula is C15H12O5. The van der Waals surface area contributed by atoms with Gasteiger partial charge in [-0.3, -0.25) is 4.79 Å². The second-order valence-corrected chi connectivity index (χ2v) is 4.29. The summed E-state index contributed by atoms with van der Waals surface area (Å²) in [5.41, 5.74) is 0.275. The molecular weight excluding hydrogens is 260 g/mol. The summed E-state index contributed by atoms with van der Waals surface area (Å²) in [5.74, 6) is 0.648. The van der Waals surface area contributed by atoms with E-state index in [1.165, 1.54) is 20.3 Å². The zero-order valence-electron chi connectivity index (χ0n) is 11.0. The summed E-state index contributed by atoms with van der Waals surface area (Å²) in [6.07, 6.45) is 0. The fraction of sp³-hybridized carbons (Fsp3) is 0.133. The largest absolute Gasteiger partial charge is 0.502 e. The molecule has 0 unspecified atom stereocenters. The van der Waals surface area contributed by atoms with Crippen molar-refractivity contribution < 1.29 is 19.0 Å². The van der Waals surface area contributed by atoms with Crippen LogP contribution in [0.1, 0.15) is 0 Å². The molecule has 0 amide bonds. The fourth-order valence-electron chi connectivity index (χ4n) is 2.16. The average Bonchev–Trinajstić information content (AvgIpc) is 2.48. The summed E-state index contributed by atoms with van der Waals surface area (Å²) in [7, 11) is 2.96. The maximum atomic E-state index is 12.4. The summed E-state index contributed by atoms with van der Waals surface area (Å²) < 4.78 is 15.7. The van der Waals surface area contributed by atoms with Crippen molar-refractivity contribution in [1.29, 1.82) is 0 Å². The number of ether oxygens (including phenoxy) is 2. The van der Waals surface area contributed by atoms with E-state index in [2.05, 4.69) is 0 Å². The van der Waals surface area contributed by atoms with Gasteiger partial charge in [0.15, 0.2) is 11.3 Å². The minimum atomic E-state index is -0.224. The van der Waals surface area contributed by atoms with E-state index in [1.54, 1.807) is 24.3 Å². The summed E-state index contributed by atoms with van der Waals surface area (Å²) in [6.45, 7) is 0. The van der Waals surface area contributed by atoms with Crippen LogP contribution < -0.4 is 14.9 Å². The number of hydrogen-bond acceptors (Lipinski definition) is 5. The van der Waals surface area contributed by atoms with Crippen molar-refractivity contribution in [1.82, 2.24) is 0 Å². The number of phenolic OH excluding ortho intramolecular Hbond substituents is 1. The predicted molar refractivity (Wildman–Crippen MR) is 74.8 cm³/mol. The molecule has 5 nitrogen and oxygen atoms in total. The molecule has 0 saturated heterocycles. The Kier molecular flexibility index (Phi) is 2.75. The molecule has 0 spiro atoms. The lowest BCUT2D eigenvalue weighted by molar-refractivity contribution is 0.372. The number of fused-ring (bicyclic) bond motifs is 2. The molecule has 0 aliphatic heterocycles. The van der Waals surface area contributed by atoms with Crippen molar-refractivity contribution in [2.45, 2.75) is 0 Å². The van der Waals surface area contributed by atoms with Crippen LogP contribution in [0.4, 0.5) is 0 Å². The molecule has 3 rings (SSSR count). The molecule has 0 fully saturated rings. The van der Waals surface area contributed by atoms with Crippen LogP contribution >= 0.6 is 0 Å². The van der Waals surface area contributed by atoms with Gasteiger partial charge in [-0.05, 0) is 30.3 Å². The summed E-state index contributed by atoms with van der Waals surface area (Å²) >= 11 is 0. The molecule has 0 atom stereocenters. The van der Waals surface area contributed by atoms with Gasteiger partial charge in [-0.25, -0.2) is 0 Å². The zero-order chi connectivity index (χ0) is 14.3. The van der Waals surface area contributed by atoms with Crippen LogP contribution in [0.15, 0.2) is 39.5 Å². The van der Waals surface area contributed by atoms with Crippen LogP contribution in [0.3, 0.4) is 0 Å². The maximum Gasteiger partial charge on any atom is 0.202 e. The van der Waals surface area contributed by atoms with Crippen LogP contribution in [0.25, 0.3) is 21.9 Å². The Morgan fingerprint density at radius 2 is 1.85 bits per heavy atom. The molecule has 102 valence electrons. The van der Waals surface area contributed by atoms with E-state index >= 15 is 0 Å². The van der Waals surface area contributed by atoms with E-state index in [0.29, 0.717) is 22.1 Å². The Labute approximate surface area is 114 Å². The van der Waals surface area contributed by atoms with E-state index < -0.39 is 0 Å². The number of methoxy groups -OCH3 is 2. The lowest BCUT2D eigenvalue weighted by Gasteiger charge is -2.07. The molecule has 1 heterocycles. The molecule has 0 aliphatic carbocycles. The number of aromatic hydroxyl groups is 1. The number of benzene rings is 2. The highest BCUT2D eigenvalue weighted by atomic mass is 16.5. The summed E-state index contributed by atoms with van der Waals surface area (Å²) in [6, 6.07) is 8.03. The van der Waals surface area contributed by atoms with E-state index in [1.807, 2.05) is 0 Å². The predicted octanol–water partition coefficient (Wildman–Crippen LogP) is 2.67. The van der Waals surface area contributed by atoms with E-state index in [-0.39, 0.29) is 22.5 Å². The van der Waals surface area contributed by atoms with Gasteiger partial charge in [-0.1, -0.05) is 0 Å². The van der Waals surface area contributed by atoms with Crippen LogP contribution in [0.2, 0.25) is 0 Å². The van der Waals surface area contributed by atoms with Gasteiger partial charge in [0.1, 0.15) is 11.3 Å². The van der Waals surface area contributed by atoms with Crippen LogP contribution in [-0.4, -0.2) is 19.3 Å². The normalized spacial score (nSPS) is 10.9. The Bertz CT molecular complexity index is 863. The molecule has 20 heavy (non-hydrogen) atoms. The van der Waals surface area contributed by atoms with Crippen molar-refractivity contribution in [3.05, 3.63) is 40.6 Å². The number of hydrogen-bond donors (Lipinski definition) is 1. The maximum absolute atomic E-state index is 12.4. The lowest BCUT2D eigenvalue weighted by atomic mass is 10.1. The van der Waals surface area contributed by atoms with Gasteiger partial charge in [-0.2, -0.15) is 0 Å². The Hall–Kier alpha value is -2.69. The molecule has 1 aromatic heterocycles. The first-order valence-corrected chi connectivity index (χ1v) is 5.96. The minimum Gasteiger partial charge on any atom is -0.502 e. The third kappa shape index (κ3) is 1.67. The zero-order valence-corrected chi connectivity index (χ0v) is 11.0. The number of rotatable bonds is 2. The van der Waals surface area contributed by atoms with E-state index in [0.717, 1.165) is 0 Å². The third-order valence-electron chi connectivity index (χ3n) is 3.20. The van der Waals surface area contributed by atoms with Crippen LogP contribution in [0, 0.1) is 0 Å². The fourth-order valence-corrected chi connectivity index (χ4v) is 2.16. The Morgan fingerprint density at radius 1 is 1.05 bits per heavy atom. The smallest absolute Gasteiger partial charge is 0.202 e. The SMILES string of the molecule is COc1ccc2oc3c(O)c(OC)ccc3c(=O)c2c1. The third-order valence-corrected chi connectivity index (χ3v) is 3.20. The highest BCUT2D eigenvalue weighted by Gasteiger charge is 2.14. The van der Waals surface area contributed by atoms with Crippen molar-refractivity contribution >= 4 is 21.9 Å². The van der Waals surface area contributed by atoms with Gasteiger partial charge >= 0.3 is 0 Å². The molecule has 3 aromatic rings. The van der Waals surface area contributed by atoms with Gasteiger partial charge in [-0.15, -0.1) is 0 Å².